The van der Waals surface area contributed by atoms with Gasteiger partial charge in [0.1, 0.15) is 5.75 Å². The van der Waals surface area contributed by atoms with E-state index in [9.17, 15) is 9.59 Å². The van der Waals surface area contributed by atoms with Gasteiger partial charge in [-0.2, -0.15) is 0 Å². The molecule has 21 heavy (non-hydrogen) atoms. The molecule has 1 amide bonds. The summed E-state index contributed by atoms with van der Waals surface area (Å²) in [7, 11) is 3.93. The number of anilines is 1. The van der Waals surface area contributed by atoms with Gasteiger partial charge in [-0.05, 0) is 39.2 Å². The predicted molar refractivity (Wildman–Crippen MR) is 82.1 cm³/mol. The predicted octanol–water partition coefficient (Wildman–Crippen LogP) is 1.95. The number of benzene rings is 1. The first-order chi connectivity index (χ1) is 9.93. The molecule has 1 aliphatic heterocycles. The van der Waals surface area contributed by atoms with Crippen molar-refractivity contribution in [3.8, 4) is 5.75 Å². The van der Waals surface area contributed by atoms with Crippen LogP contribution in [0.15, 0.2) is 18.2 Å². The normalized spacial score (nSPS) is 17.7. The van der Waals surface area contributed by atoms with Crippen LogP contribution < -0.4 is 9.64 Å². The molecule has 0 aromatic heterocycles. The summed E-state index contributed by atoms with van der Waals surface area (Å²) < 4.78 is 5.63. The molecule has 5 heteroatoms. The molecule has 5 nitrogen and oxygen atoms in total. The van der Waals surface area contributed by atoms with E-state index in [1.807, 2.05) is 25.9 Å². The highest BCUT2D eigenvalue weighted by Gasteiger charge is 2.31. The maximum Gasteiger partial charge on any atom is 0.267 e. The molecule has 1 aromatic rings. The highest BCUT2D eigenvalue weighted by atomic mass is 16.5. The van der Waals surface area contributed by atoms with E-state index >= 15 is 0 Å². The van der Waals surface area contributed by atoms with Crippen molar-refractivity contribution < 1.29 is 14.3 Å². The lowest BCUT2D eigenvalue weighted by Crippen LogP contribution is -2.46. The lowest BCUT2D eigenvalue weighted by molar-refractivity contribution is -0.125. The van der Waals surface area contributed by atoms with Crippen molar-refractivity contribution in [1.82, 2.24) is 4.90 Å². The number of rotatable bonds is 5. The summed E-state index contributed by atoms with van der Waals surface area (Å²) in [6.45, 7) is 4.91. The summed E-state index contributed by atoms with van der Waals surface area (Å²) in [5.41, 5.74) is 1.32. The van der Waals surface area contributed by atoms with Crippen molar-refractivity contribution in [2.75, 3.05) is 32.1 Å². The van der Waals surface area contributed by atoms with Gasteiger partial charge in [-0.1, -0.05) is 6.92 Å². The molecule has 1 aromatic carbocycles. The smallest absolute Gasteiger partial charge is 0.267 e. The molecule has 1 heterocycles. The van der Waals surface area contributed by atoms with E-state index in [2.05, 4.69) is 0 Å². The van der Waals surface area contributed by atoms with Crippen molar-refractivity contribution in [3.05, 3.63) is 23.8 Å². The Labute approximate surface area is 125 Å². The van der Waals surface area contributed by atoms with E-state index in [-0.39, 0.29) is 11.7 Å². The number of amides is 1. The number of hydrogen-bond acceptors (Lipinski definition) is 4. The van der Waals surface area contributed by atoms with Crippen LogP contribution in [0.2, 0.25) is 0 Å². The highest BCUT2D eigenvalue weighted by molar-refractivity contribution is 6.02. The van der Waals surface area contributed by atoms with Gasteiger partial charge in [0.25, 0.3) is 5.91 Å². The number of carbonyl (C=O) groups is 2. The fraction of sp³-hybridized carbons (Fsp3) is 0.500. The van der Waals surface area contributed by atoms with Crippen molar-refractivity contribution in [2.45, 2.75) is 26.4 Å². The number of ketones is 1. The van der Waals surface area contributed by atoms with Gasteiger partial charge in [0.15, 0.2) is 11.9 Å². The fourth-order valence-corrected chi connectivity index (χ4v) is 2.32. The van der Waals surface area contributed by atoms with Crippen LogP contribution >= 0.6 is 0 Å². The first-order valence-electron chi connectivity index (χ1n) is 7.24. The van der Waals surface area contributed by atoms with Gasteiger partial charge in [0.05, 0.1) is 5.69 Å². The Morgan fingerprint density at radius 2 is 2.10 bits per heavy atom. The summed E-state index contributed by atoms with van der Waals surface area (Å²) in [5.74, 6) is 0.662. The number of nitrogens with zero attached hydrogens (tertiary/aromatic N) is 2. The zero-order valence-electron chi connectivity index (χ0n) is 13.0. The van der Waals surface area contributed by atoms with Crippen LogP contribution in [0, 0.1) is 0 Å². The van der Waals surface area contributed by atoms with E-state index in [0.717, 1.165) is 6.54 Å². The topological polar surface area (TPSA) is 49.9 Å². The molecular weight excluding hydrogens is 268 g/mol. The van der Waals surface area contributed by atoms with Gasteiger partial charge < -0.3 is 14.5 Å². The third kappa shape index (κ3) is 3.24. The lowest BCUT2D eigenvalue weighted by Gasteiger charge is -2.34. The number of Topliss-reactive ketones (excluding diaryl/α,β-unsaturated/α-hetero) is 1. The Balaban J connectivity index is 2.37. The second-order valence-corrected chi connectivity index (χ2v) is 5.51. The van der Waals surface area contributed by atoms with Crippen molar-refractivity contribution >= 4 is 17.4 Å². The summed E-state index contributed by atoms with van der Waals surface area (Å²) in [4.78, 5) is 28.0. The third-order valence-electron chi connectivity index (χ3n) is 3.58. The number of hydrogen-bond donors (Lipinski definition) is 0. The average Bonchev–Trinajstić information content (AvgIpc) is 2.46. The van der Waals surface area contributed by atoms with Crippen molar-refractivity contribution in [2.24, 2.45) is 0 Å². The van der Waals surface area contributed by atoms with E-state index in [1.54, 1.807) is 30.0 Å². The van der Waals surface area contributed by atoms with Gasteiger partial charge >= 0.3 is 0 Å². The molecule has 0 spiro atoms. The molecule has 0 saturated heterocycles. The van der Waals surface area contributed by atoms with Gasteiger partial charge in [-0.25, -0.2) is 0 Å². The SMILES string of the molecule is CCC(=O)c1ccc2c(c1)N(CCN(C)C)C(=O)C(C)O2. The second-order valence-electron chi connectivity index (χ2n) is 5.51. The minimum Gasteiger partial charge on any atom is -0.479 e. The van der Waals surface area contributed by atoms with Crippen LogP contribution in [-0.2, 0) is 4.79 Å². The van der Waals surface area contributed by atoms with Crippen LogP contribution in [0.4, 0.5) is 5.69 Å². The number of fused-ring (bicyclic) bond motifs is 1. The molecule has 0 bridgehead atoms. The van der Waals surface area contributed by atoms with E-state index < -0.39 is 6.10 Å². The van der Waals surface area contributed by atoms with Crippen LogP contribution in [-0.4, -0.2) is 49.9 Å². The molecule has 0 fully saturated rings. The maximum absolute atomic E-state index is 12.3. The Bertz CT molecular complexity index is 554. The van der Waals surface area contributed by atoms with Crippen LogP contribution in [0.25, 0.3) is 0 Å². The van der Waals surface area contributed by atoms with Crippen LogP contribution in [0.1, 0.15) is 30.6 Å². The van der Waals surface area contributed by atoms with E-state index in [0.29, 0.717) is 30.0 Å². The molecule has 0 saturated carbocycles. The minimum absolute atomic E-state index is 0.0644. The van der Waals surface area contributed by atoms with Gasteiger partial charge in [0.2, 0.25) is 0 Å². The first kappa shape index (κ1) is 15.5. The minimum atomic E-state index is -0.493. The zero-order chi connectivity index (χ0) is 15.6. The van der Waals surface area contributed by atoms with Gasteiger partial charge in [-0.3, -0.25) is 9.59 Å². The van der Waals surface area contributed by atoms with Crippen molar-refractivity contribution in [3.63, 3.8) is 0 Å². The lowest BCUT2D eigenvalue weighted by atomic mass is 10.1. The molecule has 1 atom stereocenters. The summed E-state index contributed by atoms with van der Waals surface area (Å²) in [6.07, 6.45) is -0.0470. The molecular formula is C16H22N2O3. The van der Waals surface area contributed by atoms with E-state index in [1.165, 1.54) is 0 Å². The summed E-state index contributed by atoms with van der Waals surface area (Å²) in [6, 6.07) is 5.31. The van der Waals surface area contributed by atoms with Crippen LogP contribution in [0.5, 0.6) is 5.75 Å². The molecule has 1 aliphatic rings. The maximum atomic E-state index is 12.3. The molecule has 0 radical (unpaired) electrons. The number of likely N-dealkylation sites (N-methyl/N-ethyl adjacent to an activating group) is 1. The third-order valence-corrected chi connectivity index (χ3v) is 3.58. The molecule has 2 rings (SSSR count). The standard InChI is InChI=1S/C16H22N2O3/c1-5-14(19)12-6-7-15-13(10-12)18(9-8-17(3)4)16(20)11(2)21-15/h6-7,10-11H,5,8-9H2,1-4H3. The number of ether oxygens (including phenoxy) is 1. The zero-order valence-corrected chi connectivity index (χ0v) is 13.0. The van der Waals surface area contributed by atoms with Gasteiger partial charge in [0, 0.05) is 25.1 Å². The number of carbonyl (C=O) groups excluding carboxylic acids is 2. The first-order valence-corrected chi connectivity index (χ1v) is 7.24. The van der Waals surface area contributed by atoms with E-state index in [4.69, 9.17) is 4.74 Å². The summed E-state index contributed by atoms with van der Waals surface area (Å²) in [5, 5.41) is 0. The Morgan fingerprint density at radius 3 is 2.71 bits per heavy atom. The monoisotopic (exact) mass is 290 g/mol. The Kier molecular flexibility index (Phi) is 4.63. The Hall–Kier alpha value is -1.88. The van der Waals surface area contributed by atoms with Crippen molar-refractivity contribution in [1.29, 1.82) is 0 Å². The quantitative estimate of drug-likeness (QED) is 0.778. The van der Waals surface area contributed by atoms with Gasteiger partial charge in [-0.15, -0.1) is 0 Å². The molecule has 0 aliphatic carbocycles. The molecule has 114 valence electrons. The highest BCUT2D eigenvalue weighted by Crippen LogP contribution is 2.35. The Morgan fingerprint density at radius 1 is 1.38 bits per heavy atom. The van der Waals surface area contributed by atoms with Crippen LogP contribution in [0.3, 0.4) is 0 Å². The second kappa shape index (κ2) is 6.26. The fourth-order valence-electron chi connectivity index (χ4n) is 2.32. The average molecular weight is 290 g/mol. The summed E-state index contributed by atoms with van der Waals surface area (Å²) >= 11 is 0. The molecule has 0 N–H and O–H groups in total. The largest absolute Gasteiger partial charge is 0.479 e. The molecule has 1 unspecified atom stereocenters.